The molecule has 88 valence electrons. The van der Waals surface area contributed by atoms with Crippen molar-refractivity contribution in [1.29, 1.82) is 0 Å². The van der Waals surface area contributed by atoms with E-state index in [1.807, 2.05) is 36.4 Å². The monoisotopic (exact) mass is 238 g/mol. The molecule has 1 N–H and O–H groups in total. The quantitative estimate of drug-likeness (QED) is 0.738. The molecule has 0 aliphatic heterocycles. The summed E-state index contributed by atoms with van der Waals surface area (Å²) in [5.41, 5.74) is 2.68. The minimum absolute atomic E-state index is 0.233. The van der Waals surface area contributed by atoms with Gasteiger partial charge in [-0.15, -0.1) is 0 Å². The van der Waals surface area contributed by atoms with Crippen molar-refractivity contribution in [3.63, 3.8) is 0 Å². The molecule has 3 nitrogen and oxygen atoms in total. The van der Waals surface area contributed by atoms with Crippen molar-refractivity contribution in [3.05, 3.63) is 60.4 Å². The highest BCUT2D eigenvalue weighted by atomic mass is 16.4. The Morgan fingerprint density at radius 2 is 1.83 bits per heavy atom. The molecule has 0 amide bonds. The summed E-state index contributed by atoms with van der Waals surface area (Å²) < 4.78 is 5.31. The van der Waals surface area contributed by atoms with Crippen molar-refractivity contribution < 1.29 is 14.3 Å². The Morgan fingerprint density at radius 3 is 2.56 bits per heavy atom. The van der Waals surface area contributed by atoms with Gasteiger partial charge in [0.2, 0.25) is 0 Å². The molecule has 0 unspecified atom stereocenters. The Bertz CT molecular complexity index is 711. The molecule has 3 aromatic rings. The molecule has 0 saturated heterocycles. The standard InChI is InChI=1S/C15H10O3/c16-15(17)11-8-13(10-4-2-1-3-5-10)12-6-7-18-14(12)9-11/h1-9H,(H,16,17). The van der Waals surface area contributed by atoms with E-state index >= 15 is 0 Å². The maximum absolute atomic E-state index is 11.1. The topological polar surface area (TPSA) is 50.4 Å². The molecule has 1 aromatic heterocycles. The smallest absolute Gasteiger partial charge is 0.335 e. The maximum atomic E-state index is 11.1. The first-order valence-electron chi connectivity index (χ1n) is 5.55. The molecule has 0 bridgehead atoms. The second-order valence-electron chi connectivity index (χ2n) is 4.03. The Hall–Kier alpha value is -2.55. The minimum Gasteiger partial charge on any atom is -0.478 e. The first-order valence-corrected chi connectivity index (χ1v) is 5.55. The number of carboxylic acids is 1. The van der Waals surface area contributed by atoms with Crippen molar-refractivity contribution in [1.82, 2.24) is 0 Å². The van der Waals surface area contributed by atoms with Gasteiger partial charge in [-0.25, -0.2) is 4.79 Å². The Morgan fingerprint density at radius 1 is 1.06 bits per heavy atom. The molecule has 3 heteroatoms. The van der Waals surface area contributed by atoms with Crippen molar-refractivity contribution >= 4 is 16.9 Å². The molecule has 2 aromatic carbocycles. The first kappa shape index (κ1) is 10.6. The number of aromatic carboxylic acids is 1. The van der Waals surface area contributed by atoms with Gasteiger partial charge in [-0.3, -0.25) is 0 Å². The molecule has 0 saturated carbocycles. The SMILES string of the molecule is O=C(O)c1cc(-c2ccccc2)c2ccoc2c1. The van der Waals surface area contributed by atoms with Gasteiger partial charge in [0.05, 0.1) is 11.8 Å². The van der Waals surface area contributed by atoms with Crippen LogP contribution >= 0.6 is 0 Å². The van der Waals surface area contributed by atoms with Crippen LogP contribution in [0.2, 0.25) is 0 Å². The Balaban J connectivity index is 2.33. The van der Waals surface area contributed by atoms with E-state index in [2.05, 4.69) is 0 Å². The van der Waals surface area contributed by atoms with Gasteiger partial charge in [0.1, 0.15) is 5.58 Å². The van der Waals surface area contributed by atoms with Crippen LogP contribution in [0.15, 0.2) is 59.2 Å². The van der Waals surface area contributed by atoms with Crippen LogP contribution in [0.25, 0.3) is 22.1 Å². The zero-order valence-electron chi connectivity index (χ0n) is 9.46. The van der Waals surface area contributed by atoms with E-state index in [1.165, 1.54) is 0 Å². The third-order valence-electron chi connectivity index (χ3n) is 2.90. The van der Waals surface area contributed by atoms with E-state index < -0.39 is 5.97 Å². The second-order valence-corrected chi connectivity index (χ2v) is 4.03. The molecule has 18 heavy (non-hydrogen) atoms. The van der Waals surface area contributed by atoms with E-state index in [0.717, 1.165) is 16.5 Å². The summed E-state index contributed by atoms with van der Waals surface area (Å²) in [4.78, 5) is 11.1. The summed E-state index contributed by atoms with van der Waals surface area (Å²) >= 11 is 0. The van der Waals surface area contributed by atoms with Crippen molar-refractivity contribution in [2.24, 2.45) is 0 Å². The summed E-state index contributed by atoms with van der Waals surface area (Å²) in [7, 11) is 0. The summed E-state index contributed by atoms with van der Waals surface area (Å²) in [5, 5.41) is 10.0. The molecule has 0 aliphatic carbocycles. The molecular formula is C15H10O3. The lowest BCUT2D eigenvalue weighted by Crippen LogP contribution is -1.96. The summed E-state index contributed by atoms with van der Waals surface area (Å²) in [5.74, 6) is -0.953. The summed E-state index contributed by atoms with van der Waals surface area (Å²) in [6, 6.07) is 14.8. The lowest BCUT2D eigenvalue weighted by molar-refractivity contribution is 0.0697. The predicted molar refractivity (Wildman–Crippen MR) is 68.6 cm³/mol. The van der Waals surface area contributed by atoms with Gasteiger partial charge < -0.3 is 9.52 Å². The number of fused-ring (bicyclic) bond motifs is 1. The molecule has 0 spiro atoms. The average Bonchev–Trinajstić information content (AvgIpc) is 2.86. The average molecular weight is 238 g/mol. The van der Waals surface area contributed by atoms with Crippen molar-refractivity contribution in [3.8, 4) is 11.1 Å². The highest BCUT2D eigenvalue weighted by Crippen LogP contribution is 2.30. The van der Waals surface area contributed by atoms with Gasteiger partial charge in [0.15, 0.2) is 0 Å². The van der Waals surface area contributed by atoms with Gasteiger partial charge in [0.25, 0.3) is 0 Å². The lowest BCUT2D eigenvalue weighted by Gasteiger charge is -2.05. The predicted octanol–water partition coefficient (Wildman–Crippen LogP) is 3.80. The largest absolute Gasteiger partial charge is 0.478 e. The molecule has 0 atom stereocenters. The molecule has 1 heterocycles. The Labute approximate surface area is 103 Å². The first-order chi connectivity index (χ1) is 8.75. The zero-order valence-corrected chi connectivity index (χ0v) is 9.46. The van der Waals surface area contributed by atoms with Crippen molar-refractivity contribution in [2.75, 3.05) is 0 Å². The highest BCUT2D eigenvalue weighted by molar-refractivity contribution is 6.00. The molecule has 0 aliphatic rings. The van der Waals surface area contributed by atoms with Gasteiger partial charge in [0, 0.05) is 5.39 Å². The number of hydrogen-bond acceptors (Lipinski definition) is 2. The third kappa shape index (κ3) is 1.66. The van der Waals surface area contributed by atoms with Gasteiger partial charge in [-0.2, -0.15) is 0 Å². The van der Waals surface area contributed by atoms with Crippen LogP contribution in [0.3, 0.4) is 0 Å². The van der Waals surface area contributed by atoms with Crippen LogP contribution in [0.5, 0.6) is 0 Å². The maximum Gasteiger partial charge on any atom is 0.335 e. The van der Waals surface area contributed by atoms with E-state index in [-0.39, 0.29) is 5.56 Å². The fourth-order valence-electron chi connectivity index (χ4n) is 2.05. The molecular weight excluding hydrogens is 228 g/mol. The number of carbonyl (C=O) groups is 1. The Kier molecular flexibility index (Phi) is 2.38. The van der Waals surface area contributed by atoms with Crippen LogP contribution in [-0.4, -0.2) is 11.1 Å². The van der Waals surface area contributed by atoms with Crippen LogP contribution in [0.1, 0.15) is 10.4 Å². The van der Waals surface area contributed by atoms with E-state index in [4.69, 9.17) is 9.52 Å². The number of furan rings is 1. The van der Waals surface area contributed by atoms with E-state index in [1.54, 1.807) is 18.4 Å². The summed E-state index contributed by atoms with van der Waals surface area (Å²) in [6.07, 6.45) is 1.57. The van der Waals surface area contributed by atoms with Crippen molar-refractivity contribution in [2.45, 2.75) is 0 Å². The van der Waals surface area contributed by atoms with Crippen LogP contribution < -0.4 is 0 Å². The molecule has 0 fully saturated rings. The van der Waals surface area contributed by atoms with Crippen LogP contribution in [-0.2, 0) is 0 Å². The van der Waals surface area contributed by atoms with E-state index in [0.29, 0.717) is 5.58 Å². The molecule has 0 radical (unpaired) electrons. The fourth-order valence-corrected chi connectivity index (χ4v) is 2.05. The number of rotatable bonds is 2. The zero-order chi connectivity index (χ0) is 12.5. The van der Waals surface area contributed by atoms with Gasteiger partial charge in [-0.05, 0) is 29.3 Å². The van der Waals surface area contributed by atoms with Gasteiger partial charge >= 0.3 is 5.97 Å². The van der Waals surface area contributed by atoms with Gasteiger partial charge in [-0.1, -0.05) is 30.3 Å². The van der Waals surface area contributed by atoms with E-state index in [9.17, 15) is 4.79 Å². The lowest BCUT2D eigenvalue weighted by atomic mass is 9.99. The summed E-state index contributed by atoms with van der Waals surface area (Å²) in [6.45, 7) is 0. The third-order valence-corrected chi connectivity index (χ3v) is 2.90. The van der Waals surface area contributed by atoms with Crippen LogP contribution in [0, 0.1) is 0 Å². The van der Waals surface area contributed by atoms with Crippen LogP contribution in [0.4, 0.5) is 0 Å². The molecule has 3 rings (SSSR count). The number of carboxylic acid groups (broad SMARTS) is 1. The fraction of sp³-hybridized carbons (Fsp3) is 0. The second kappa shape index (κ2) is 4.04. The highest BCUT2D eigenvalue weighted by Gasteiger charge is 2.12. The minimum atomic E-state index is -0.953. The number of hydrogen-bond donors (Lipinski definition) is 1. The normalized spacial score (nSPS) is 10.7. The number of benzene rings is 2.